The fraction of sp³-hybridized carbons (Fsp3) is 0.889. The number of amides is 1. The maximum atomic E-state index is 10.9. The summed E-state index contributed by atoms with van der Waals surface area (Å²) in [6, 6.07) is 0. The molecule has 0 bridgehead atoms. The largest absolute Gasteiger partial charge is 0.465 e. The Balaban J connectivity index is 4.37. The van der Waals surface area contributed by atoms with E-state index in [1.54, 1.807) is 7.11 Å². The summed E-state index contributed by atoms with van der Waals surface area (Å²) in [5.74, 6) is 0. The maximum absolute atomic E-state index is 10.9. The summed E-state index contributed by atoms with van der Waals surface area (Å²) in [5, 5.41) is 8.92. The zero-order valence-electron chi connectivity index (χ0n) is 9.00. The Hall–Kier alpha value is -0.770. The summed E-state index contributed by atoms with van der Waals surface area (Å²) in [6.07, 6.45) is -0.980. The summed E-state index contributed by atoms with van der Waals surface area (Å²) < 4.78 is 5.02. The van der Waals surface area contributed by atoms with Crippen molar-refractivity contribution in [1.82, 2.24) is 4.90 Å². The Kier molecular flexibility index (Phi) is 4.20. The van der Waals surface area contributed by atoms with Crippen LogP contribution in [0.15, 0.2) is 0 Å². The molecule has 0 aliphatic heterocycles. The molecule has 0 heterocycles. The zero-order valence-corrected chi connectivity index (χ0v) is 9.00. The van der Waals surface area contributed by atoms with E-state index < -0.39 is 6.09 Å². The van der Waals surface area contributed by atoms with Crippen molar-refractivity contribution in [3.63, 3.8) is 0 Å². The first-order valence-electron chi connectivity index (χ1n) is 4.32. The molecule has 4 nitrogen and oxygen atoms in total. The van der Waals surface area contributed by atoms with Crippen LogP contribution in [0.1, 0.15) is 27.7 Å². The van der Waals surface area contributed by atoms with Gasteiger partial charge in [0, 0.05) is 12.6 Å². The van der Waals surface area contributed by atoms with Crippen LogP contribution >= 0.6 is 0 Å². The second-order valence-corrected chi connectivity index (χ2v) is 4.11. The van der Waals surface area contributed by atoms with Crippen LogP contribution in [0.3, 0.4) is 0 Å². The predicted octanol–water partition coefficient (Wildman–Crippen LogP) is 1.80. The molecule has 0 rings (SSSR count). The van der Waals surface area contributed by atoms with Crippen molar-refractivity contribution in [2.75, 3.05) is 13.7 Å². The van der Waals surface area contributed by atoms with Crippen molar-refractivity contribution < 1.29 is 14.6 Å². The fourth-order valence-corrected chi connectivity index (χ4v) is 0.971. The molecule has 78 valence electrons. The lowest BCUT2D eigenvalue weighted by molar-refractivity contribution is 0.0408. The lowest BCUT2D eigenvalue weighted by atomic mass is 10.1. The Bertz CT molecular complexity index is 174. The van der Waals surface area contributed by atoms with Gasteiger partial charge in [0.15, 0.2) is 0 Å². The molecule has 0 unspecified atom stereocenters. The summed E-state index contributed by atoms with van der Waals surface area (Å²) in [4.78, 5) is 12.2. The van der Waals surface area contributed by atoms with Crippen LogP contribution in [0.4, 0.5) is 4.79 Å². The number of rotatable bonds is 3. The van der Waals surface area contributed by atoms with E-state index in [9.17, 15) is 4.79 Å². The molecule has 0 spiro atoms. The molecular weight excluding hydrogens is 170 g/mol. The summed E-state index contributed by atoms with van der Waals surface area (Å²) in [5.41, 5.74) is -0.376. The summed E-state index contributed by atoms with van der Waals surface area (Å²) >= 11 is 0. The molecule has 0 radical (unpaired) electrons. The van der Waals surface area contributed by atoms with E-state index in [-0.39, 0.29) is 11.6 Å². The number of hydrogen-bond donors (Lipinski definition) is 1. The van der Waals surface area contributed by atoms with Gasteiger partial charge < -0.3 is 14.7 Å². The van der Waals surface area contributed by atoms with E-state index in [1.165, 1.54) is 4.90 Å². The van der Waals surface area contributed by atoms with Crippen molar-refractivity contribution >= 4 is 6.09 Å². The van der Waals surface area contributed by atoms with Crippen molar-refractivity contribution in [3.05, 3.63) is 0 Å². The van der Waals surface area contributed by atoms with Gasteiger partial charge in [-0.2, -0.15) is 0 Å². The smallest absolute Gasteiger partial charge is 0.407 e. The highest BCUT2D eigenvalue weighted by molar-refractivity contribution is 5.66. The van der Waals surface area contributed by atoms with E-state index in [1.807, 2.05) is 27.7 Å². The molecule has 0 aliphatic rings. The highest BCUT2D eigenvalue weighted by atomic mass is 16.5. The van der Waals surface area contributed by atoms with Gasteiger partial charge in [-0.05, 0) is 27.7 Å². The van der Waals surface area contributed by atoms with Gasteiger partial charge in [0.05, 0.1) is 12.6 Å². The molecule has 0 saturated carbocycles. The third kappa shape index (κ3) is 4.12. The lowest BCUT2D eigenvalue weighted by Crippen LogP contribution is -2.48. The molecule has 0 aromatic rings. The topological polar surface area (TPSA) is 49.8 Å². The van der Waals surface area contributed by atoms with Crippen molar-refractivity contribution in [1.29, 1.82) is 0 Å². The molecule has 0 aromatic carbocycles. The molecule has 1 atom stereocenters. The average Bonchev–Trinajstić information content (AvgIpc) is 1.96. The number of ether oxygens (including phenoxy) is 1. The molecule has 0 fully saturated rings. The van der Waals surface area contributed by atoms with Crippen LogP contribution in [-0.4, -0.2) is 41.4 Å². The highest BCUT2D eigenvalue weighted by Crippen LogP contribution is 2.14. The Morgan fingerprint density at radius 2 is 2.00 bits per heavy atom. The minimum atomic E-state index is -0.906. The van der Waals surface area contributed by atoms with Crippen LogP contribution in [0.5, 0.6) is 0 Å². The third-order valence-corrected chi connectivity index (χ3v) is 1.88. The first kappa shape index (κ1) is 12.2. The summed E-state index contributed by atoms with van der Waals surface area (Å²) in [7, 11) is 1.58. The maximum Gasteiger partial charge on any atom is 0.407 e. The van der Waals surface area contributed by atoms with Gasteiger partial charge in [-0.1, -0.05) is 0 Å². The summed E-state index contributed by atoms with van der Waals surface area (Å²) in [6.45, 7) is 7.84. The Morgan fingerprint density at radius 1 is 1.54 bits per heavy atom. The third-order valence-electron chi connectivity index (χ3n) is 1.88. The number of hydrogen-bond acceptors (Lipinski definition) is 2. The Morgan fingerprint density at radius 3 is 2.23 bits per heavy atom. The van der Waals surface area contributed by atoms with Gasteiger partial charge in [0.25, 0.3) is 0 Å². The van der Waals surface area contributed by atoms with Crippen molar-refractivity contribution in [2.24, 2.45) is 0 Å². The molecule has 1 N–H and O–H groups in total. The van der Waals surface area contributed by atoms with Gasteiger partial charge in [0.2, 0.25) is 0 Å². The lowest BCUT2D eigenvalue weighted by Gasteiger charge is -2.34. The molecular formula is C9H19NO3. The molecule has 0 aromatic heterocycles. The monoisotopic (exact) mass is 189 g/mol. The van der Waals surface area contributed by atoms with E-state index in [2.05, 4.69) is 0 Å². The molecule has 0 saturated heterocycles. The van der Waals surface area contributed by atoms with Crippen LogP contribution in [-0.2, 0) is 4.74 Å². The van der Waals surface area contributed by atoms with Crippen LogP contribution in [0.25, 0.3) is 0 Å². The minimum absolute atomic E-state index is 0.0738. The number of carboxylic acid groups (broad SMARTS) is 1. The quantitative estimate of drug-likeness (QED) is 0.736. The number of nitrogens with zero attached hydrogens (tertiary/aromatic N) is 1. The van der Waals surface area contributed by atoms with Crippen molar-refractivity contribution in [3.8, 4) is 0 Å². The van der Waals surface area contributed by atoms with Crippen molar-refractivity contribution in [2.45, 2.75) is 39.3 Å². The van der Waals surface area contributed by atoms with Crippen LogP contribution in [0.2, 0.25) is 0 Å². The highest BCUT2D eigenvalue weighted by Gasteiger charge is 2.27. The second-order valence-electron chi connectivity index (χ2n) is 4.11. The van der Waals surface area contributed by atoms with Gasteiger partial charge in [-0.15, -0.1) is 0 Å². The molecule has 4 heteroatoms. The van der Waals surface area contributed by atoms with Gasteiger partial charge >= 0.3 is 6.09 Å². The van der Waals surface area contributed by atoms with E-state index in [0.29, 0.717) is 6.54 Å². The number of methoxy groups -OCH3 is 1. The molecule has 0 aliphatic carbocycles. The SMILES string of the molecule is CO[C@H](C)CN(C(=O)O)C(C)(C)C. The standard InChI is InChI=1S/C9H19NO3/c1-7(13-5)6-10(8(11)12)9(2,3)4/h7H,6H2,1-5H3,(H,11,12)/t7-/m1/s1. The zero-order chi connectivity index (χ0) is 10.6. The fourth-order valence-electron chi connectivity index (χ4n) is 0.971. The van der Waals surface area contributed by atoms with Gasteiger partial charge in [-0.25, -0.2) is 4.79 Å². The van der Waals surface area contributed by atoms with Gasteiger partial charge in [-0.3, -0.25) is 0 Å². The van der Waals surface area contributed by atoms with Gasteiger partial charge in [0.1, 0.15) is 0 Å². The Labute approximate surface area is 79.5 Å². The normalized spacial score (nSPS) is 13.9. The first-order valence-corrected chi connectivity index (χ1v) is 4.32. The second kappa shape index (κ2) is 4.46. The molecule has 1 amide bonds. The van der Waals surface area contributed by atoms with E-state index in [0.717, 1.165) is 0 Å². The molecule has 13 heavy (non-hydrogen) atoms. The van der Waals surface area contributed by atoms with Crippen LogP contribution < -0.4 is 0 Å². The number of carbonyl (C=O) groups is 1. The predicted molar refractivity (Wildman–Crippen MR) is 51.0 cm³/mol. The average molecular weight is 189 g/mol. The van der Waals surface area contributed by atoms with Crippen LogP contribution in [0, 0.1) is 0 Å². The minimum Gasteiger partial charge on any atom is -0.465 e. The van der Waals surface area contributed by atoms with E-state index >= 15 is 0 Å². The first-order chi connectivity index (χ1) is 5.79. The van der Waals surface area contributed by atoms with E-state index in [4.69, 9.17) is 9.84 Å².